The lowest BCUT2D eigenvalue weighted by Gasteiger charge is -2.22. The van der Waals surface area contributed by atoms with E-state index in [0.717, 1.165) is 0 Å². The van der Waals surface area contributed by atoms with Gasteiger partial charge in [0.15, 0.2) is 0 Å². The summed E-state index contributed by atoms with van der Waals surface area (Å²) in [6, 6.07) is 0. The summed E-state index contributed by atoms with van der Waals surface area (Å²) in [5, 5.41) is 11.0. The second kappa shape index (κ2) is 6.44. The van der Waals surface area contributed by atoms with Gasteiger partial charge in [-0.25, -0.2) is 10.8 Å². The van der Waals surface area contributed by atoms with Crippen LogP contribution in [-0.2, 0) is 4.74 Å². The molecule has 9 heteroatoms. The number of nitrogens with two attached hydrogens (primary N) is 1. The predicted molar refractivity (Wildman–Crippen MR) is 72.4 cm³/mol. The van der Waals surface area contributed by atoms with Gasteiger partial charge in [0.1, 0.15) is 5.69 Å². The number of rotatable bonds is 7. The smallest absolute Gasteiger partial charge is 0.352 e. The van der Waals surface area contributed by atoms with E-state index in [2.05, 4.69) is 15.4 Å². The largest absolute Gasteiger partial charge is 0.473 e. The van der Waals surface area contributed by atoms with Crippen molar-refractivity contribution in [3.05, 3.63) is 15.8 Å². The molecule has 0 aliphatic carbocycles. The van der Waals surface area contributed by atoms with Gasteiger partial charge >= 0.3 is 5.69 Å². The van der Waals surface area contributed by atoms with Gasteiger partial charge in [-0.3, -0.25) is 15.5 Å². The summed E-state index contributed by atoms with van der Waals surface area (Å²) in [6.07, 6.45) is 0.551. The minimum atomic E-state index is -0.577. The topological polar surface area (TPSA) is 125 Å². The molecule has 0 aliphatic heterocycles. The molecule has 0 radical (unpaired) electrons. The van der Waals surface area contributed by atoms with E-state index >= 15 is 0 Å². The number of hydrogen-bond donors (Lipinski definition) is 2. The quantitative estimate of drug-likeness (QED) is 0.434. The van der Waals surface area contributed by atoms with E-state index in [1.165, 1.54) is 6.92 Å². The van der Waals surface area contributed by atoms with Gasteiger partial charge < -0.3 is 9.47 Å². The minimum absolute atomic E-state index is 0.0640. The number of nitrogens with zero attached hydrogens (tertiary/aromatic N) is 3. The number of nitrogens with one attached hydrogen (secondary N) is 1. The van der Waals surface area contributed by atoms with Crippen LogP contribution in [0.5, 0.6) is 5.88 Å². The van der Waals surface area contributed by atoms with Crippen LogP contribution in [0.1, 0.15) is 26.0 Å². The average molecular weight is 285 g/mol. The summed E-state index contributed by atoms with van der Waals surface area (Å²) in [7, 11) is 1.59. The Hall–Kier alpha value is -2.00. The van der Waals surface area contributed by atoms with Crippen molar-refractivity contribution in [3.63, 3.8) is 0 Å². The van der Waals surface area contributed by atoms with Gasteiger partial charge in [0.2, 0.25) is 5.95 Å². The fourth-order valence-electron chi connectivity index (χ4n) is 1.41. The monoisotopic (exact) mass is 285 g/mol. The van der Waals surface area contributed by atoms with Crippen LogP contribution in [0.25, 0.3) is 0 Å². The molecule has 0 unspecified atom stereocenters. The van der Waals surface area contributed by atoms with E-state index in [1.807, 2.05) is 13.8 Å². The molecule has 20 heavy (non-hydrogen) atoms. The van der Waals surface area contributed by atoms with Crippen molar-refractivity contribution in [3.8, 4) is 5.88 Å². The van der Waals surface area contributed by atoms with Crippen LogP contribution in [0.2, 0.25) is 0 Å². The second-order valence-corrected chi connectivity index (χ2v) is 4.75. The summed E-state index contributed by atoms with van der Waals surface area (Å²) in [4.78, 5) is 18.2. The maximum Gasteiger partial charge on any atom is 0.352 e. The molecule has 0 amide bonds. The Labute approximate surface area is 116 Å². The fourth-order valence-corrected chi connectivity index (χ4v) is 1.41. The molecule has 1 rings (SSSR count). The molecule has 0 fully saturated rings. The van der Waals surface area contributed by atoms with Crippen molar-refractivity contribution in [2.45, 2.75) is 32.8 Å². The van der Waals surface area contributed by atoms with E-state index in [0.29, 0.717) is 6.42 Å². The first-order valence-corrected chi connectivity index (χ1v) is 5.98. The Bertz CT molecular complexity index is 492. The Morgan fingerprint density at radius 1 is 1.45 bits per heavy atom. The Balaban J connectivity index is 2.92. The molecule has 0 saturated carbocycles. The number of methoxy groups -OCH3 is 1. The van der Waals surface area contributed by atoms with E-state index in [1.54, 1.807) is 7.11 Å². The molecule has 1 aromatic heterocycles. The highest BCUT2D eigenvalue weighted by molar-refractivity contribution is 5.48. The third-order valence-electron chi connectivity index (χ3n) is 2.83. The van der Waals surface area contributed by atoms with E-state index in [4.69, 9.17) is 15.3 Å². The van der Waals surface area contributed by atoms with Gasteiger partial charge in [0.25, 0.3) is 5.88 Å². The zero-order valence-electron chi connectivity index (χ0n) is 12.0. The SMILES string of the molecule is COC(C)(C)CCOc1nc(NN)nc(C)c1[N+](=O)[O-]. The minimum Gasteiger partial charge on any atom is -0.473 e. The van der Waals surface area contributed by atoms with Crippen LogP contribution >= 0.6 is 0 Å². The summed E-state index contributed by atoms with van der Waals surface area (Å²) in [5.41, 5.74) is 1.77. The van der Waals surface area contributed by atoms with Gasteiger partial charge in [-0.05, 0) is 20.8 Å². The molecule has 9 nitrogen and oxygen atoms in total. The molecule has 3 N–H and O–H groups in total. The molecular weight excluding hydrogens is 266 g/mol. The van der Waals surface area contributed by atoms with Crippen molar-refractivity contribution in [1.82, 2.24) is 9.97 Å². The maximum atomic E-state index is 11.0. The molecule has 0 bridgehead atoms. The Morgan fingerprint density at radius 3 is 2.60 bits per heavy atom. The number of anilines is 1. The van der Waals surface area contributed by atoms with Crippen molar-refractivity contribution >= 4 is 11.6 Å². The van der Waals surface area contributed by atoms with Crippen molar-refractivity contribution in [2.24, 2.45) is 5.84 Å². The highest BCUT2D eigenvalue weighted by atomic mass is 16.6. The third-order valence-corrected chi connectivity index (χ3v) is 2.83. The first-order chi connectivity index (χ1) is 9.30. The number of ether oxygens (including phenoxy) is 2. The zero-order valence-corrected chi connectivity index (χ0v) is 12.0. The lowest BCUT2D eigenvalue weighted by Crippen LogP contribution is -2.25. The molecule has 0 aliphatic rings. The first kappa shape index (κ1) is 16.1. The first-order valence-electron chi connectivity index (χ1n) is 5.98. The van der Waals surface area contributed by atoms with Gasteiger partial charge in [0.05, 0.1) is 17.1 Å². The molecule has 1 heterocycles. The van der Waals surface area contributed by atoms with Gasteiger partial charge in [0, 0.05) is 13.5 Å². The third kappa shape index (κ3) is 4.00. The lowest BCUT2D eigenvalue weighted by atomic mass is 10.1. The number of hydrogen-bond acceptors (Lipinski definition) is 8. The number of aryl methyl sites for hydroxylation is 1. The predicted octanol–water partition coefficient (Wildman–Crippen LogP) is 1.17. The highest BCUT2D eigenvalue weighted by Crippen LogP contribution is 2.29. The van der Waals surface area contributed by atoms with Crippen LogP contribution in [0.3, 0.4) is 0 Å². The number of hydrazine groups is 1. The molecule has 112 valence electrons. The molecule has 0 saturated heterocycles. The van der Waals surface area contributed by atoms with Gasteiger partial charge in [-0.1, -0.05) is 0 Å². The maximum absolute atomic E-state index is 11.0. The number of nitro groups is 1. The van der Waals surface area contributed by atoms with Crippen molar-refractivity contribution in [1.29, 1.82) is 0 Å². The summed E-state index contributed by atoms with van der Waals surface area (Å²) in [5.74, 6) is 5.17. The number of aromatic nitrogens is 2. The van der Waals surface area contributed by atoms with E-state index in [9.17, 15) is 10.1 Å². The summed E-state index contributed by atoms with van der Waals surface area (Å²) in [6.45, 7) is 5.50. The van der Waals surface area contributed by atoms with E-state index in [-0.39, 0.29) is 35.4 Å². The van der Waals surface area contributed by atoms with Crippen LogP contribution in [0, 0.1) is 17.0 Å². The second-order valence-electron chi connectivity index (χ2n) is 4.75. The standard InChI is InChI=1S/C11H19N5O4/c1-7-8(16(17)18)9(14-10(13-7)15-12)20-6-5-11(2,3)19-4/h5-6,12H2,1-4H3,(H,13,14,15). The molecule has 0 atom stereocenters. The van der Waals surface area contributed by atoms with Gasteiger partial charge in [-0.15, -0.1) is 0 Å². The average Bonchev–Trinajstić information content (AvgIpc) is 2.37. The summed E-state index contributed by atoms with van der Waals surface area (Å²) >= 11 is 0. The normalized spacial score (nSPS) is 11.2. The fraction of sp³-hybridized carbons (Fsp3) is 0.636. The zero-order chi connectivity index (χ0) is 15.3. The van der Waals surface area contributed by atoms with Crippen molar-refractivity contribution < 1.29 is 14.4 Å². The Morgan fingerprint density at radius 2 is 2.10 bits per heavy atom. The molecule has 0 aromatic carbocycles. The Kier molecular flexibility index (Phi) is 5.17. The molecule has 0 spiro atoms. The van der Waals surface area contributed by atoms with Gasteiger partial charge in [-0.2, -0.15) is 4.98 Å². The molecular formula is C11H19N5O4. The van der Waals surface area contributed by atoms with Crippen molar-refractivity contribution in [2.75, 3.05) is 19.1 Å². The van der Waals surface area contributed by atoms with Crippen LogP contribution in [-0.4, -0.2) is 34.2 Å². The van der Waals surface area contributed by atoms with Crippen LogP contribution in [0.15, 0.2) is 0 Å². The van der Waals surface area contributed by atoms with E-state index < -0.39 is 4.92 Å². The number of nitrogen functional groups attached to an aromatic ring is 1. The lowest BCUT2D eigenvalue weighted by molar-refractivity contribution is -0.387. The van der Waals surface area contributed by atoms with Crippen LogP contribution in [0.4, 0.5) is 11.6 Å². The van der Waals surface area contributed by atoms with Crippen LogP contribution < -0.4 is 16.0 Å². The molecule has 1 aromatic rings. The highest BCUT2D eigenvalue weighted by Gasteiger charge is 2.24. The summed E-state index contributed by atoms with van der Waals surface area (Å²) < 4.78 is 10.6.